The molecule has 0 spiro atoms. The number of nitrogens with zero attached hydrogens (tertiary/aromatic N) is 2. The monoisotopic (exact) mass is 619 g/mol. The number of methoxy groups -OCH3 is 1. The Kier molecular flexibility index (Phi) is 12.4. The zero-order valence-electron chi connectivity index (χ0n) is 25.9. The highest BCUT2D eigenvalue weighted by molar-refractivity contribution is 7.89. The van der Waals surface area contributed by atoms with Crippen LogP contribution in [0.5, 0.6) is 5.75 Å². The van der Waals surface area contributed by atoms with Crippen molar-refractivity contribution in [3.8, 4) is 5.75 Å². The van der Waals surface area contributed by atoms with Gasteiger partial charge in [-0.1, -0.05) is 74.4 Å². The largest absolute Gasteiger partial charge is 0.497 e. The Labute approximate surface area is 262 Å². The molecule has 1 aliphatic rings. The lowest BCUT2D eigenvalue weighted by Crippen LogP contribution is -2.50. The van der Waals surface area contributed by atoms with Crippen molar-refractivity contribution in [2.24, 2.45) is 0 Å². The lowest BCUT2D eigenvalue weighted by Gasteiger charge is -2.32. The third-order valence-corrected chi connectivity index (χ3v) is 10.0. The highest BCUT2D eigenvalue weighted by Gasteiger charge is 2.30. The van der Waals surface area contributed by atoms with E-state index in [0.29, 0.717) is 32.5 Å². The second kappa shape index (κ2) is 16.4. The van der Waals surface area contributed by atoms with E-state index in [4.69, 9.17) is 4.74 Å². The van der Waals surface area contributed by atoms with Crippen LogP contribution in [-0.2, 0) is 39.0 Å². The Balaban J connectivity index is 1.54. The van der Waals surface area contributed by atoms with Gasteiger partial charge in [-0.05, 0) is 66.6 Å². The van der Waals surface area contributed by atoms with Crippen LogP contribution >= 0.6 is 0 Å². The SMILES string of the molecule is CCCCCNC(=O)[C@@H](Cc1ccccc1)N(Cc1ccc(OC)cc1)C(=O)CCc1ccc(S(=O)(=O)N2CCCC2)cc1. The molecule has 2 amide bonds. The van der Waals surface area contributed by atoms with E-state index in [1.807, 2.05) is 54.6 Å². The molecule has 3 aromatic carbocycles. The second-order valence-electron chi connectivity index (χ2n) is 11.3. The smallest absolute Gasteiger partial charge is 0.243 e. The maximum Gasteiger partial charge on any atom is 0.243 e. The van der Waals surface area contributed by atoms with E-state index in [-0.39, 0.29) is 29.7 Å². The molecule has 0 unspecified atom stereocenters. The van der Waals surface area contributed by atoms with Gasteiger partial charge in [-0.2, -0.15) is 4.31 Å². The van der Waals surface area contributed by atoms with Crippen molar-refractivity contribution in [3.63, 3.8) is 0 Å². The van der Waals surface area contributed by atoms with Crippen molar-refractivity contribution in [1.82, 2.24) is 14.5 Å². The molecule has 3 aromatic rings. The van der Waals surface area contributed by atoms with Crippen molar-refractivity contribution < 1.29 is 22.7 Å². The summed E-state index contributed by atoms with van der Waals surface area (Å²) in [5.41, 5.74) is 2.74. The van der Waals surface area contributed by atoms with E-state index >= 15 is 0 Å². The molecule has 0 aromatic heterocycles. The highest BCUT2D eigenvalue weighted by Crippen LogP contribution is 2.23. The number of unbranched alkanes of at least 4 members (excludes halogenated alkanes) is 2. The molecule has 44 heavy (non-hydrogen) atoms. The van der Waals surface area contributed by atoms with Gasteiger partial charge in [0, 0.05) is 39.0 Å². The average molecular weight is 620 g/mol. The number of sulfonamides is 1. The number of hydrogen-bond donors (Lipinski definition) is 1. The summed E-state index contributed by atoms with van der Waals surface area (Å²) >= 11 is 0. The summed E-state index contributed by atoms with van der Waals surface area (Å²) in [7, 11) is -1.89. The first-order valence-electron chi connectivity index (χ1n) is 15.6. The zero-order chi connectivity index (χ0) is 31.4. The fourth-order valence-electron chi connectivity index (χ4n) is 5.49. The van der Waals surface area contributed by atoms with Crippen LogP contribution in [0, 0.1) is 0 Å². The third kappa shape index (κ3) is 9.16. The predicted octanol–water partition coefficient (Wildman–Crippen LogP) is 5.36. The Hall–Kier alpha value is -3.69. The average Bonchev–Trinajstić information content (AvgIpc) is 3.61. The van der Waals surface area contributed by atoms with Crippen molar-refractivity contribution >= 4 is 21.8 Å². The standard InChI is InChI=1S/C35H45N3O5S/c1-3-4-8-23-36-35(40)33(26-29-11-6-5-7-12-29)38(27-30-13-18-31(43-2)19-14-30)34(39)22-17-28-15-20-32(21-16-28)44(41,42)37-24-9-10-25-37/h5-7,11-16,18-21,33H,3-4,8-10,17,22-27H2,1-2H3,(H,36,40)/t33-/m1/s1. The minimum absolute atomic E-state index is 0.140. The maximum absolute atomic E-state index is 14.0. The van der Waals surface area contributed by atoms with Crippen LogP contribution in [0.25, 0.3) is 0 Å². The third-order valence-electron chi connectivity index (χ3n) is 8.12. The van der Waals surface area contributed by atoms with Crippen LogP contribution in [0.4, 0.5) is 0 Å². The van der Waals surface area contributed by atoms with Crippen molar-refractivity contribution in [1.29, 1.82) is 0 Å². The number of hydrogen-bond acceptors (Lipinski definition) is 5. The first-order valence-corrected chi connectivity index (χ1v) is 17.1. The molecule has 1 N–H and O–H groups in total. The first-order chi connectivity index (χ1) is 21.3. The molecule has 9 heteroatoms. The number of amides is 2. The Morgan fingerprint density at radius 2 is 1.55 bits per heavy atom. The Morgan fingerprint density at radius 1 is 0.886 bits per heavy atom. The molecular weight excluding hydrogens is 574 g/mol. The molecule has 236 valence electrons. The topological polar surface area (TPSA) is 96.0 Å². The fourth-order valence-corrected chi connectivity index (χ4v) is 7.00. The molecule has 1 fully saturated rings. The maximum atomic E-state index is 14.0. The number of carbonyl (C=O) groups is 2. The van der Waals surface area contributed by atoms with Crippen LogP contribution < -0.4 is 10.1 Å². The van der Waals surface area contributed by atoms with Gasteiger partial charge in [0.05, 0.1) is 12.0 Å². The van der Waals surface area contributed by atoms with Crippen LogP contribution in [0.3, 0.4) is 0 Å². The van der Waals surface area contributed by atoms with Crippen LogP contribution in [0.15, 0.2) is 83.8 Å². The van der Waals surface area contributed by atoms with E-state index in [0.717, 1.165) is 54.5 Å². The molecule has 8 nitrogen and oxygen atoms in total. The summed E-state index contributed by atoms with van der Waals surface area (Å²) in [6.45, 7) is 4.07. The number of benzene rings is 3. The van der Waals surface area contributed by atoms with E-state index in [1.165, 1.54) is 4.31 Å². The van der Waals surface area contributed by atoms with Crippen molar-refractivity contribution in [2.75, 3.05) is 26.7 Å². The molecule has 1 aliphatic heterocycles. The lowest BCUT2D eigenvalue weighted by atomic mass is 10.0. The Bertz CT molecular complexity index is 1440. The van der Waals surface area contributed by atoms with Crippen LogP contribution in [-0.4, -0.2) is 62.2 Å². The minimum Gasteiger partial charge on any atom is -0.497 e. The van der Waals surface area contributed by atoms with Gasteiger partial charge in [0.15, 0.2) is 0 Å². The summed E-state index contributed by atoms with van der Waals surface area (Å²) < 4.78 is 32.7. The molecule has 0 bridgehead atoms. The summed E-state index contributed by atoms with van der Waals surface area (Å²) in [4.78, 5) is 29.6. The molecule has 1 saturated heterocycles. The van der Waals surface area contributed by atoms with Crippen molar-refractivity contribution in [2.45, 2.75) is 75.8 Å². The van der Waals surface area contributed by atoms with Gasteiger partial charge in [-0.25, -0.2) is 8.42 Å². The molecule has 0 aliphatic carbocycles. The van der Waals surface area contributed by atoms with Gasteiger partial charge < -0.3 is 15.0 Å². The minimum atomic E-state index is -3.50. The highest BCUT2D eigenvalue weighted by atomic mass is 32.2. The van der Waals surface area contributed by atoms with E-state index in [2.05, 4.69) is 12.2 Å². The second-order valence-corrected chi connectivity index (χ2v) is 13.3. The number of carbonyl (C=O) groups excluding carboxylic acids is 2. The van der Waals surface area contributed by atoms with E-state index in [1.54, 1.807) is 36.3 Å². The zero-order valence-corrected chi connectivity index (χ0v) is 26.7. The molecule has 0 radical (unpaired) electrons. The molecule has 4 rings (SSSR count). The first kappa shape index (κ1) is 33.2. The normalized spacial score (nSPS) is 14.2. The van der Waals surface area contributed by atoms with Gasteiger partial charge in [0.1, 0.15) is 11.8 Å². The van der Waals surface area contributed by atoms with Gasteiger partial charge >= 0.3 is 0 Å². The lowest BCUT2D eigenvalue weighted by molar-refractivity contribution is -0.141. The van der Waals surface area contributed by atoms with Gasteiger partial charge in [-0.15, -0.1) is 0 Å². The van der Waals surface area contributed by atoms with Gasteiger partial charge in [0.2, 0.25) is 21.8 Å². The quantitative estimate of drug-likeness (QED) is 0.218. The van der Waals surface area contributed by atoms with Crippen molar-refractivity contribution in [3.05, 3.63) is 95.6 Å². The number of ether oxygens (including phenoxy) is 1. The molecular formula is C35H45N3O5S. The molecule has 1 heterocycles. The van der Waals surface area contributed by atoms with Crippen LogP contribution in [0.1, 0.15) is 62.1 Å². The summed E-state index contributed by atoms with van der Waals surface area (Å²) in [6.07, 6.45) is 5.73. The molecule has 0 saturated carbocycles. The Morgan fingerprint density at radius 3 is 2.18 bits per heavy atom. The number of nitrogens with one attached hydrogen (secondary N) is 1. The van der Waals surface area contributed by atoms with Crippen LogP contribution in [0.2, 0.25) is 0 Å². The number of aryl methyl sites for hydroxylation is 1. The number of rotatable bonds is 16. The summed E-state index contributed by atoms with van der Waals surface area (Å²) in [5, 5.41) is 3.08. The summed E-state index contributed by atoms with van der Waals surface area (Å²) in [6, 6.07) is 23.4. The van der Waals surface area contributed by atoms with Gasteiger partial charge in [0.25, 0.3) is 0 Å². The summed E-state index contributed by atoms with van der Waals surface area (Å²) in [5.74, 6) is 0.416. The molecule has 1 atom stereocenters. The predicted molar refractivity (Wildman–Crippen MR) is 173 cm³/mol. The van der Waals surface area contributed by atoms with Gasteiger partial charge in [-0.3, -0.25) is 9.59 Å². The fraction of sp³-hybridized carbons (Fsp3) is 0.429. The van der Waals surface area contributed by atoms with E-state index < -0.39 is 16.1 Å². The van der Waals surface area contributed by atoms with E-state index in [9.17, 15) is 18.0 Å².